The molecule has 0 saturated heterocycles. The van der Waals surface area contributed by atoms with Gasteiger partial charge in [-0.05, 0) is 42.2 Å². The van der Waals surface area contributed by atoms with E-state index in [4.69, 9.17) is 0 Å². The van der Waals surface area contributed by atoms with Crippen LogP contribution in [0.25, 0.3) is 0 Å². The predicted octanol–water partition coefficient (Wildman–Crippen LogP) is 4.59. The molecular formula is C25H27FN2O3S. The van der Waals surface area contributed by atoms with E-state index in [9.17, 15) is 17.6 Å². The van der Waals surface area contributed by atoms with Crippen LogP contribution in [-0.2, 0) is 14.8 Å². The number of hydrogen-bond donors (Lipinski definition) is 1. The van der Waals surface area contributed by atoms with Crippen LogP contribution in [0.4, 0.5) is 10.1 Å². The third-order valence-electron chi connectivity index (χ3n) is 5.22. The van der Waals surface area contributed by atoms with Gasteiger partial charge >= 0.3 is 0 Å². The smallest absolute Gasteiger partial charge is 0.232 e. The van der Waals surface area contributed by atoms with E-state index in [1.165, 1.54) is 18.2 Å². The zero-order valence-electron chi connectivity index (χ0n) is 18.2. The molecule has 3 aromatic carbocycles. The first-order valence-electron chi connectivity index (χ1n) is 10.4. The minimum atomic E-state index is -3.69. The molecule has 1 amide bonds. The zero-order chi connectivity index (χ0) is 23.1. The summed E-state index contributed by atoms with van der Waals surface area (Å²) in [4.78, 5) is 12.8. The molecule has 32 heavy (non-hydrogen) atoms. The van der Waals surface area contributed by atoms with E-state index in [0.717, 1.165) is 27.3 Å². The van der Waals surface area contributed by atoms with Crippen molar-refractivity contribution in [3.05, 3.63) is 101 Å². The lowest BCUT2D eigenvalue weighted by Gasteiger charge is -2.24. The molecule has 3 aromatic rings. The maximum absolute atomic E-state index is 14.2. The second kappa shape index (κ2) is 10.4. The Kier molecular flexibility index (Phi) is 7.64. The average molecular weight is 455 g/mol. The molecular weight excluding hydrogens is 427 g/mol. The molecule has 5 nitrogen and oxygen atoms in total. The van der Waals surface area contributed by atoms with Crippen LogP contribution in [0, 0.1) is 12.7 Å². The second-order valence-electron chi connectivity index (χ2n) is 7.66. The van der Waals surface area contributed by atoms with Crippen molar-refractivity contribution in [2.45, 2.75) is 25.8 Å². The van der Waals surface area contributed by atoms with Crippen molar-refractivity contribution in [1.29, 1.82) is 0 Å². The fourth-order valence-corrected chi connectivity index (χ4v) is 4.60. The van der Waals surface area contributed by atoms with Gasteiger partial charge in [0.05, 0.1) is 18.0 Å². The maximum atomic E-state index is 14.2. The van der Waals surface area contributed by atoms with E-state index >= 15 is 0 Å². The number of para-hydroxylation sites is 1. The standard InChI is InChI=1S/C25H27FN2O3S/c1-19-11-6-7-14-21(19)25(20-12-4-3-5-13-20)27-24(29)17-10-18-28(32(2,30)31)23-16-9-8-15-22(23)26/h3-9,11-16,25H,10,17-18H2,1-2H3,(H,27,29). The molecule has 1 N–H and O–H groups in total. The molecule has 7 heteroatoms. The number of hydrogen-bond acceptors (Lipinski definition) is 3. The van der Waals surface area contributed by atoms with Gasteiger partial charge in [-0.1, -0.05) is 66.7 Å². The first-order chi connectivity index (χ1) is 15.3. The number of rotatable bonds is 9. The Labute approximate surface area is 188 Å². The molecule has 0 aliphatic rings. The highest BCUT2D eigenvalue weighted by molar-refractivity contribution is 7.92. The minimum absolute atomic E-state index is 0.00750. The first-order valence-corrected chi connectivity index (χ1v) is 12.2. The van der Waals surface area contributed by atoms with Gasteiger partial charge in [0.2, 0.25) is 15.9 Å². The Morgan fingerprint density at radius 3 is 2.25 bits per heavy atom. The summed E-state index contributed by atoms with van der Waals surface area (Å²) in [6.07, 6.45) is 1.39. The molecule has 0 radical (unpaired) electrons. The predicted molar refractivity (Wildman–Crippen MR) is 125 cm³/mol. The highest BCUT2D eigenvalue weighted by Gasteiger charge is 2.22. The summed E-state index contributed by atoms with van der Waals surface area (Å²) < 4.78 is 39.6. The van der Waals surface area contributed by atoms with Crippen molar-refractivity contribution in [3.63, 3.8) is 0 Å². The van der Waals surface area contributed by atoms with Crippen molar-refractivity contribution in [2.75, 3.05) is 17.1 Å². The van der Waals surface area contributed by atoms with E-state index in [2.05, 4.69) is 5.32 Å². The highest BCUT2D eigenvalue weighted by Crippen LogP contribution is 2.25. The fourth-order valence-electron chi connectivity index (χ4n) is 3.63. The Balaban J connectivity index is 1.71. The molecule has 0 saturated carbocycles. The van der Waals surface area contributed by atoms with Crippen molar-refractivity contribution < 1.29 is 17.6 Å². The van der Waals surface area contributed by atoms with Crippen molar-refractivity contribution in [2.24, 2.45) is 0 Å². The number of halogens is 1. The number of sulfonamides is 1. The molecule has 0 fully saturated rings. The number of benzene rings is 3. The fraction of sp³-hybridized carbons (Fsp3) is 0.240. The Morgan fingerprint density at radius 2 is 1.59 bits per heavy atom. The van der Waals surface area contributed by atoms with Gasteiger partial charge in [0.15, 0.2) is 0 Å². The molecule has 3 rings (SSSR count). The molecule has 0 bridgehead atoms. The van der Waals surface area contributed by atoms with Crippen molar-refractivity contribution >= 4 is 21.6 Å². The van der Waals surface area contributed by atoms with Crippen LogP contribution >= 0.6 is 0 Å². The highest BCUT2D eigenvalue weighted by atomic mass is 32.2. The number of carbonyl (C=O) groups is 1. The lowest BCUT2D eigenvalue weighted by Crippen LogP contribution is -2.33. The van der Waals surface area contributed by atoms with Gasteiger partial charge in [0.1, 0.15) is 5.82 Å². The van der Waals surface area contributed by atoms with Crippen LogP contribution in [0.5, 0.6) is 0 Å². The Bertz CT molecular complexity index is 1170. The SMILES string of the molecule is Cc1ccccc1C(NC(=O)CCCN(c1ccccc1F)S(C)(=O)=O)c1ccccc1. The largest absolute Gasteiger partial charge is 0.345 e. The third kappa shape index (κ3) is 5.95. The van der Waals surface area contributed by atoms with Gasteiger partial charge in [-0.2, -0.15) is 0 Å². The van der Waals surface area contributed by atoms with Crippen molar-refractivity contribution in [3.8, 4) is 0 Å². The summed E-state index contributed by atoms with van der Waals surface area (Å²) in [5, 5.41) is 3.07. The van der Waals surface area contributed by atoms with Gasteiger partial charge in [0, 0.05) is 13.0 Å². The van der Waals surface area contributed by atoms with Crippen LogP contribution in [0.1, 0.15) is 35.6 Å². The molecule has 0 aliphatic carbocycles. The first kappa shape index (κ1) is 23.5. The average Bonchev–Trinajstić information content (AvgIpc) is 2.76. The third-order valence-corrected chi connectivity index (χ3v) is 6.40. The van der Waals surface area contributed by atoms with Gasteiger partial charge < -0.3 is 5.32 Å². The number of aryl methyl sites for hydroxylation is 1. The Morgan fingerprint density at radius 1 is 0.969 bits per heavy atom. The molecule has 0 aromatic heterocycles. The van der Waals surface area contributed by atoms with Gasteiger partial charge in [0.25, 0.3) is 0 Å². The van der Waals surface area contributed by atoms with Gasteiger partial charge in [-0.25, -0.2) is 12.8 Å². The summed E-state index contributed by atoms with van der Waals surface area (Å²) >= 11 is 0. The second-order valence-corrected chi connectivity index (χ2v) is 9.56. The van der Waals surface area contributed by atoms with E-state index in [1.807, 2.05) is 61.5 Å². The molecule has 1 unspecified atom stereocenters. The molecule has 0 aliphatic heterocycles. The minimum Gasteiger partial charge on any atom is -0.345 e. The topological polar surface area (TPSA) is 66.5 Å². The monoisotopic (exact) mass is 454 g/mol. The summed E-state index contributed by atoms with van der Waals surface area (Å²) in [6.45, 7) is 2.00. The maximum Gasteiger partial charge on any atom is 0.232 e. The summed E-state index contributed by atoms with van der Waals surface area (Å²) in [7, 11) is -3.69. The Hall–Kier alpha value is -3.19. The van der Waals surface area contributed by atoms with Crippen LogP contribution in [0.15, 0.2) is 78.9 Å². The van der Waals surface area contributed by atoms with Crippen LogP contribution in [0.2, 0.25) is 0 Å². The quantitative estimate of drug-likeness (QED) is 0.514. The van der Waals surface area contributed by atoms with Crippen molar-refractivity contribution in [1.82, 2.24) is 5.32 Å². The van der Waals surface area contributed by atoms with Gasteiger partial charge in [-0.3, -0.25) is 9.10 Å². The number of nitrogens with one attached hydrogen (secondary N) is 1. The molecule has 0 heterocycles. The normalized spacial score (nSPS) is 12.2. The van der Waals surface area contributed by atoms with E-state index in [1.54, 1.807) is 6.07 Å². The molecule has 1 atom stereocenters. The van der Waals surface area contributed by atoms with Crippen LogP contribution in [0.3, 0.4) is 0 Å². The zero-order valence-corrected chi connectivity index (χ0v) is 19.0. The summed E-state index contributed by atoms with van der Waals surface area (Å²) in [5.74, 6) is -0.824. The number of carbonyl (C=O) groups excluding carboxylic acids is 1. The van der Waals surface area contributed by atoms with Crippen LogP contribution in [-0.4, -0.2) is 27.1 Å². The van der Waals surface area contributed by atoms with Gasteiger partial charge in [-0.15, -0.1) is 0 Å². The number of anilines is 1. The molecule has 0 spiro atoms. The number of amides is 1. The van der Waals surface area contributed by atoms with E-state index < -0.39 is 15.8 Å². The van der Waals surface area contributed by atoms with E-state index in [-0.39, 0.29) is 37.0 Å². The lowest BCUT2D eigenvalue weighted by atomic mass is 9.95. The summed E-state index contributed by atoms with van der Waals surface area (Å²) in [6, 6.07) is 22.9. The van der Waals surface area contributed by atoms with E-state index in [0.29, 0.717) is 0 Å². The lowest BCUT2D eigenvalue weighted by molar-refractivity contribution is -0.121. The molecule has 168 valence electrons. The summed E-state index contributed by atoms with van der Waals surface area (Å²) in [5.41, 5.74) is 3.00. The number of nitrogens with zero attached hydrogens (tertiary/aromatic N) is 1. The van der Waals surface area contributed by atoms with Crippen LogP contribution < -0.4 is 9.62 Å².